The van der Waals surface area contributed by atoms with E-state index in [0.717, 1.165) is 0 Å². The molecule has 0 amide bonds. The van der Waals surface area contributed by atoms with Crippen LogP contribution in [-0.4, -0.2) is 23.2 Å². The van der Waals surface area contributed by atoms with Crippen molar-refractivity contribution in [1.29, 1.82) is 0 Å². The number of benzene rings is 1. The maximum Gasteiger partial charge on any atom is 0.269 e. The van der Waals surface area contributed by atoms with E-state index in [1.807, 2.05) is 34.6 Å². The zero-order valence-electron chi connectivity index (χ0n) is 13.3. The molecule has 0 aromatic heterocycles. The van der Waals surface area contributed by atoms with Crippen LogP contribution in [-0.2, 0) is 4.52 Å². The van der Waals surface area contributed by atoms with Gasteiger partial charge in [0.15, 0.2) is 9.03 Å². The van der Waals surface area contributed by atoms with Crippen molar-refractivity contribution in [1.82, 2.24) is 0 Å². The molecule has 7 nitrogen and oxygen atoms in total. The highest BCUT2D eigenvalue weighted by Crippen LogP contribution is 2.16. The van der Waals surface area contributed by atoms with E-state index in [0.29, 0.717) is 12.4 Å². The van der Waals surface area contributed by atoms with Crippen LogP contribution in [0.25, 0.3) is 0 Å². The first-order chi connectivity index (χ1) is 10.2. The molecule has 21 heavy (non-hydrogen) atoms. The number of rotatable bonds is 5. The lowest BCUT2D eigenvalue weighted by Gasteiger charge is -2.00. The van der Waals surface area contributed by atoms with Gasteiger partial charge in [0.25, 0.3) is 5.69 Å². The van der Waals surface area contributed by atoms with Crippen LogP contribution in [0.15, 0.2) is 24.3 Å². The Bertz CT molecular complexity index is 321. The minimum Gasteiger partial charge on any atom is -0.479 e. The van der Waals surface area contributed by atoms with Gasteiger partial charge in [0.1, 0.15) is 12.5 Å². The summed E-state index contributed by atoms with van der Waals surface area (Å²) < 4.78 is 9.31. The second-order valence-electron chi connectivity index (χ2n) is 2.59. The van der Waals surface area contributed by atoms with Crippen LogP contribution in [0.5, 0.6) is 5.75 Å². The van der Waals surface area contributed by atoms with Crippen molar-refractivity contribution in [3.63, 3.8) is 0 Å². The van der Waals surface area contributed by atoms with E-state index in [1.165, 1.54) is 24.3 Å². The minimum absolute atomic E-state index is 0.0411. The average Bonchev–Trinajstić information content (AvgIpc) is 2.53. The van der Waals surface area contributed by atoms with Gasteiger partial charge in [-0.05, 0) is 19.1 Å². The maximum atomic E-state index is 10.2. The Morgan fingerprint density at radius 3 is 1.95 bits per heavy atom. The molecule has 1 unspecified atom stereocenters. The zero-order chi connectivity index (χ0) is 17.1. The van der Waals surface area contributed by atoms with Crippen LogP contribution in [0.4, 0.5) is 5.69 Å². The standard InChI is InChI=1S/C7H8N2O3.C2H7O2P.2C2H6/c8-5-12-7-3-1-6(2-4-7)9(10)11;1-2-4-5-3;2*1-2/h1-4H,5,8H2;3,5H,2H2,1H3;2*1-2H3. The van der Waals surface area contributed by atoms with Gasteiger partial charge >= 0.3 is 0 Å². The van der Waals surface area contributed by atoms with Crippen molar-refractivity contribution >= 4 is 14.7 Å². The van der Waals surface area contributed by atoms with Crippen molar-refractivity contribution < 1.29 is 19.1 Å². The molecule has 0 radical (unpaired) electrons. The number of hydrogen-bond donors (Lipinski definition) is 2. The fourth-order valence-electron chi connectivity index (χ4n) is 0.825. The second-order valence-corrected chi connectivity index (χ2v) is 3.06. The summed E-state index contributed by atoms with van der Waals surface area (Å²) in [6.07, 6.45) is 0. The molecular formula is C13H27N2O5P. The molecule has 0 heterocycles. The van der Waals surface area contributed by atoms with E-state index in [9.17, 15) is 10.1 Å². The quantitative estimate of drug-likeness (QED) is 0.372. The summed E-state index contributed by atoms with van der Waals surface area (Å²) in [5.74, 6) is 0.531. The first-order valence-electron chi connectivity index (χ1n) is 6.73. The highest BCUT2D eigenvalue weighted by atomic mass is 31.1. The molecule has 0 aliphatic heterocycles. The van der Waals surface area contributed by atoms with E-state index in [2.05, 4.69) is 4.52 Å². The third-order valence-corrected chi connectivity index (χ3v) is 1.92. The molecule has 0 aliphatic carbocycles. The Morgan fingerprint density at radius 1 is 1.24 bits per heavy atom. The summed E-state index contributed by atoms with van der Waals surface area (Å²) in [6.45, 7) is 10.5. The lowest BCUT2D eigenvalue weighted by Crippen LogP contribution is -2.06. The molecule has 1 atom stereocenters. The largest absolute Gasteiger partial charge is 0.479 e. The number of hydrogen-bond acceptors (Lipinski definition) is 6. The second kappa shape index (κ2) is 21.0. The number of non-ortho nitro benzene ring substituents is 1. The molecule has 0 saturated carbocycles. The summed E-state index contributed by atoms with van der Waals surface area (Å²) in [6, 6.07) is 5.74. The predicted molar refractivity (Wildman–Crippen MR) is 87.6 cm³/mol. The Balaban J connectivity index is -0.000000304. The molecule has 0 saturated heterocycles. The first-order valence-corrected chi connectivity index (χ1v) is 7.59. The van der Waals surface area contributed by atoms with E-state index < -0.39 is 4.92 Å². The van der Waals surface area contributed by atoms with Crippen molar-refractivity contribution in [2.75, 3.05) is 13.3 Å². The SMILES string of the molecule is CC.CC.CCOPO.NCOc1ccc([N+](=O)[O-])cc1. The van der Waals surface area contributed by atoms with Gasteiger partial charge in [-0.3, -0.25) is 15.8 Å². The topological polar surface area (TPSA) is 108 Å². The van der Waals surface area contributed by atoms with Crippen molar-refractivity contribution in [3.8, 4) is 5.75 Å². The highest BCUT2D eigenvalue weighted by molar-refractivity contribution is 7.24. The summed E-state index contributed by atoms with van der Waals surface area (Å²) in [7, 11) is -0.342. The molecule has 1 rings (SSSR count). The van der Waals surface area contributed by atoms with Crippen LogP contribution >= 0.6 is 9.03 Å². The normalized spacial score (nSPS) is 8.52. The van der Waals surface area contributed by atoms with Crippen LogP contribution < -0.4 is 10.5 Å². The Hall–Kier alpha value is -1.27. The fraction of sp³-hybridized carbons (Fsp3) is 0.538. The van der Waals surface area contributed by atoms with E-state index >= 15 is 0 Å². The zero-order valence-corrected chi connectivity index (χ0v) is 14.3. The minimum atomic E-state index is -0.466. The van der Waals surface area contributed by atoms with E-state index in [1.54, 1.807) is 0 Å². The van der Waals surface area contributed by atoms with Crippen molar-refractivity contribution in [2.24, 2.45) is 5.73 Å². The van der Waals surface area contributed by atoms with Gasteiger partial charge < -0.3 is 14.2 Å². The number of nitrogens with zero attached hydrogens (tertiary/aromatic N) is 1. The smallest absolute Gasteiger partial charge is 0.269 e. The van der Waals surface area contributed by atoms with Crippen LogP contribution in [0.3, 0.4) is 0 Å². The van der Waals surface area contributed by atoms with Gasteiger partial charge in [0.2, 0.25) is 0 Å². The van der Waals surface area contributed by atoms with Crippen LogP contribution in [0.1, 0.15) is 34.6 Å². The van der Waals surface area contributed by atoms with Gasteiger partial charge in [-0.1, -0.05) is 27.7 Å². The summed E-state index contributed by atoms with van der Waals surface area (Å²) in [4.78, 5) is 17.6. The number of nitro groups is 1. The molecular weight excluding hydrogens is 295 g/mol. The highest BCUT2D eigenvalue weighted by Gasteiger charge is 2.03. The molecule has 1 aromatic carbocycles. The molecule has 3 N–H and O–H groups in total. The third kappa shape index (κ3) is 16.7. The van der Waals surface area contributed by atoms with Crippen molar-refractivity contribution in [3.05, 3.63) is 34.4 Å². The van der Waals surface area contributed by atoms with E-state index in [-0.39, 0.29) is 21.5 Å². The molecule has 0 aliphatic rings. The van der Waals surface area contributed by atoms with Crippen molar-refractivity contribution in [2.45, 2.75) is 34.6 Å². The molecule has 0 bridgehead atoms. The number of nitrogens with two attached hydrogens (primary N) is 1. The number of nitro benzene ring substituents is 1. The van der Waals surface area contributed by atoms with Crippen LogP contribution in [0, 0.1) is 10.1 Å². The molecule has 0 spiro atoms. The summed E-state index contributed by atoms with van der Waals surface area (Å²) in [5, 5.41) is 10.2. The van der Waals surface area contributed by atoms with Gasteiger partial charge in [0, 0.05) is 12.1 Å². The third-order valence-electron chi connectivity index (χ3n) is 1.51. The summed E-state index contributed by atoms with van der Waals surface area (Å²) >= 11 is 0. The summed E-state index contributed by atoms with van der Waals surface area (Å²) in [5.41, 5.74) is 5.14. The Kier molecular flexibility index (Phi) is 24.8. The van der Waals surface area contributed by atoms with E-state index in [4.69, 9.17) is 15.4 Å². The fourth-order valence-corrected chi connectivity index (χ4v) is 0.954. The Labute approximate surface area is 128 Å². The van der Waals surface area contributed by atoms with Gasteiger partial charge in [-0.25, -0.2) is 0 Å². The van der Waals surface area contributed by atoms with Gasteiger partial charge in [0.05, 0.1) is 11.5 Å². The lowest BCUT2D eigenvalue weighted by atomic mass is 10.3. The molecule has 124 valence electrons. The number of ether oxygens (including phenoxy) is 1. The molecule has 0 fully saturated rings. The Morgan fingerprint density at radius 2 is 1.71 bits per heavy atom. The average molecular weight is 322 g/mol. The monoisotopic (exact) mass is 322 g/mol. The molecule has 8 heteroatoms. The van der Waals surface area contributed by atoms with Crippen LogP contribution in [0.2, 0.25) is 0 Å². The molecule has 1 aromatic rings. The first kappa shape index (κ1) is 24.7. The lowest BCUT2D eigenvalue weighted by molar-refractivity contribution is -0.384. The van der Waals surface area contributed by atoms with Gasteiger partial charge in [-0.2, -0.15) is 0 Å². The predicted octanol–water partition coefficient (Wildman–Crippen LogP) is 3.47. The van der Waals surface area contributed by atoms with Gasteiger partial charge in [-0.15, -0.1) is 0 Å². The maximum absolute atomic E-state index is 10.2.